The van der Waals surface area contributed by atoms with E-state index in [-0.39, 0.29) is 23.2 Å². The van der Waals surface area contributed by atoms with Crippen molar-refractivity contribution >= 4 is 15.9 Å². The maximum atomic E-state index is 13.5. The van der Waals surface area contributed by atoms with Crippen LogP contribution in [0.25, 0.3) is 0 Å². The van der Waals surface area contributed by atoms with Crippen molar-refractivity contribution in [2.24, 2.45) is 0 Å². The van der Waals surface area contributed by atoms with E-state index in [0.717, 1.165) is 0 Å². The summed E-state index contributed by atoms with van der Waals surface area (Å²) in [7, 11) is -3.64. The smallest absolute Gasteiger partial charge is 0.251 e. The molecule has 0 aliphatic rings. The third-order valence-corrected chi connectivity index (χ3v) is 5.28. The lowest BCUT2D eigenvalue weighted by molar-refractivity contribution is 0.0954. The van der Waals surface area contributed by atoms with Crippen LogP contribution >= 0.6 is 0 Å². The van der Waals surface area contributed by atoms with Crippen LogP contribution in [0.4, 0.5) is 4.39 Å². The zero-order chi connectivity index (χ0) is 19.4. The Morgan fingerprint density at radius 3 is 2.23 bits per heavy atom. The molecule has 1 amide bonds. The highest BCUT2D eigenvalue weighted by Gasteiger charge is 2.22. The topological polar surface area (TPSA) is 75.3 Å². The Morgan fingerprint density at radius 2 is 1.65 bits per heavy atom. The maximum Gasteiger partial charge on any atom is 0.251 e. The molecule has 0 spiro atoms. The molecule has 0 radical (unpaired) electrons. The van der Waals surface area contributed by atoms with Crippen molar-refractivity contribution < 1.29 is 17.6 Å². The van der Waals surface area contributed by atoms with Gasteiger partial charge in [-0.2, -0.15) is 0 Å². The van der Waals surface area contributed by atoms with Crippen molar-refractivity contribution in [2.45, 2.75) is 37.6 Å². The van der Waals surface area contributed by atoms with E-state index in [1.165, 1.54) is 30.3 Å². The first kappa shape index (κ1) is 20.1. The van der Waals surface area contributed by atoms with Gasteiger partial charge in [-0.05, 0) is 63.1 Å². The molecule has 140 valence electrons. The summed E-state index contributed by atoms with van der Waals surface area (Å²) < 4.78 is 40.6. The van der Waals surface area contributed by atoms with Gasteiger partial charge in [0, 0.05) is 17.6 Å². The summed E-state index contributed by atoms with van der Waals surface area (Å²) in [6.07, 6.45) is 0.375. The van der Waals surface area contributed by atoms with Crippen LogP contribution in [0.1, 0.15) is 36.7 Å². The van der Waals surface area contributed by atoms with Gasteiger partial charge in [0.05, 0.1) is 4.90 Å². The summed E-state index contributed by atoms with van der Waals surface area (Å²) in [5, 5.41) is 2.70. The Labute approximate surface area is 153 Å². The van der Waals surface area contributed by atoms with Crippen LogP contribution in [0.15, 0.2) is 53.4 Å². The molecule has 2 aromatic carbocycles. The van der Waals surface area contributed by atoms with Crippen LogP contribution in [0.2, 0.25) is 0 Å². The average Bonchev–Trinajstić information content (AvgIpc) is 2.54. The van der Waals surface area contributed by atoms with Gasteiger partial charge in [0.25, 0.3) is 5.91 Å². The highest BCUT2D eigenvalue weighted by Crippen LogP contribution is 2.14. The van der Waals surface area contributed by atoms with Crippen LogP contribution in [0.5, 0.6) is 0 Å². The Kier molecular flexibility index (Phi) is 6.15. The highest BCUT2D eigenvalue weighted by atomic mass is 32.2. The normalized spacial score (nSPS) is 12.0. The minimum Gasteiger partial charge on any atom is -0.352 e. The number of rotatable bonds is 6. The van der Waals surface area contributed by atoms with Gasteiger partial charge in [-0.1, -0.05) is 18.2 Å². The molecule has 0 aromatic heterocycles. The molecule has 2 aromatic rings. The predicted molar refractivity (Wildman–Crippen MR) is 99.0 cm³/mol. The molecule has 5 nitrogen and oxygen atoms in total. The molecular formula is C19H23FN2O3S. The Balaban J connectivity index is 1.97. The van der Waals surface area contributed by atoms with Crippen LogP contribution in [-0.4, -0.2) is 26.4 Å². The van der Waals surface area contributed by atoms with Crippen LogP contribution in [0.3, 0.4) is 0 Å². The fourth-order valence-corrected chi connectivity index (χ4v) is 3.78. The van der Waals surface area contributed by atoms with Crippen LogP contribution in [0, 0.1) is 5.82 Å². The number of carbonyl (C=O) groups is 1. The maximum absolute atomic E-state index is 13.5. The Hall–Kier alpha value is -2.25. The van der Waals surface area contributed by atoms with Crippen molar-refractivity contribution in [3.8, 4) is 0 Å². The molecule has 0 heterocycles. The number of benzene rings is 2. The standard InChI is InChI=1S/C19H23FN2O3S/c1-19(2,3)22-26(24,25)16-10-8-15(9-11-16)18(23)21-13-12-14-6-4-5-7-17(14)20/h4-11,22H,12-13H2,1-3H3,(H,21,23). The second-order valence-electron chi connectivity index (χ2n) is 6.98. The second-order valence-corrected chi connectivity index (χ2v) is 8.66. The van der Waals surface area contributed by atoms with Gasteiger partial charge in [0.1, 0.15) is 5.82 Å². The minimum atomic E-state index is -3.64. The van der Waals surface area contributed by atoms with Crippen molar-refractivity contribution in [1.82, 2.24) is 10.0 Å². The van der Waals surface area contributed by atoms with Gasteiger partial charge in [0.2, 0.25) is 10.0 Å². The second kappa shape index (κ2) is 7.97. The van der Waals surface area contributed by atoms with E-state index in [2.05, 4.69) is 10.0 Å². The molecule has 7 heteroatoms. The number of carbonyl (C=O) groups excluding carboxylic acids is 1. The zero-order valence-corrected chi connectivity index (χ0v) is 15.9. The fraction of sp³-hybridized carbons (Fsp3) is 0.316. The predicted octanol–water partition coefficient (Wildman–Crippen LogP) is 2.88. The average molecular weight is 378 g/mol. The molecule has 0 saturated carbocycles. The lowest BCUT2D eigenvalue weighted by Crippen LogP contribution is -2.40. The first-order chi connectivity index (χ1) is 12.1. The van der Waals surface area contributed by atoms with Gasteiger partial charge in [-0.15, -0.1) is 0 Å². The summed E-state index contributed by atoms with van der Waals surface area (Å²) in [5.74, 6) is -0.642. The van der Waals surface area contributed by atoms with Gasteiger partial charge in [-0.3, -0.25) is 4.79 Å². The summed E-state index contributed by atoms with van der Waals surface area (Å²) in [6, 6.07) is 12.1. The van der Waals surface area contributed by atoms with E-state index in [9.17, 15) is 17.6 Å². The van der Waals surface area contributed by atoms with Crippen LogP contribution in [-0.2, 0) is 16.4 Å². The van der Waals surface area contributed by atoms with Crippen molar-refractivity contribution in [3.05, 3.63) is 65.5 Å². The molecule has 26 heavy (non-hydrogen) atoms. The van der Waals surface area contributed by atoms with E-state index in [1.807, 2.05) is 0 Å². The Bertz CT molecular complexity index is 872. The van der Waals surface area contributed by atoms with Crippen molar-refractivity contribution in [1.29, 1.82) is 0 Å². The molecule has 0 atom stereocenters. The molecule has 0 saturated heterocycles. The lowest BCUT2D eigenvalue weighted by Gasteiger charge is -2.20. The SMILES string of the molecule is CC(C)(C)NS(=O)(=O)c1ccc(C(=O)NCCc2ccccc2F)cc1. The first-order valence-electron chi connectivity index (χ1n) is 8.24. The molecule has 0 unspecified atom stereocenters. The quantitative estimate of drug-likeness (QED) is 0.812. The van der Waals surface area contributed by atoms with E-state index in [0.29, 0.717) is 17.5 Å². The third kappa shape index (κ3) is 5.64. The number of hydrogen-bond donors (Lipinski definition) is 2. The lowest BCUT2D eigenvalue weighted by atomic mass is 10.1. The molecule has 0 aliphatic heterocycles. The summed E-state index contributed by atoms with van der Waals surface area (Å²) in [5.41, 5.74) is 0.275. The minimum absolute atomic E-state index is 0.0929. The van der Waals surface area contributed by atoms with Gasteiger partial charge < -0.3 is 5.32 Å². The van der Waals surface area contributed by atoms with E-state index in [4.69, 9.17) is 0 Å². The molecule has 2 rings (SSSR count). The summed E-state index contributed by atoms with van der Waals surface area (Å²) >= 11 is 0. The zero-order valence-electron chi connectivity index (χ0n) is 15.0. The van der Waals surface area contributed by atoms with Crippen molar-refractivity contribution in [3.63, 3.8) is 0 Å². The number of hydrogen-bond acceptors (Lipinski definition) is 3. The van der Waals surface area contributed by atoms with Crippen molar-refractivity contribution in [2.75, 3.05) is 6.54 Å². The molecular weight excluding hydrogens is 355 g/mol. The van der Waals surface area contributed by atoms with Gasteiger partial charge in [0.15, 0.2) is 0 Å². The number of nitrogens with one attached hydrogen (secondary N) is 2. The van der Waals surface area contributed by atoms with Gasteiger partial charge in [-0.25, -0.2) is 17.5 Å². The highest BCUT2D eigenvalue weighted by molar-refractivity contribution is 7.89. The largest absolute Gasteiger partial charge is 0.352 e. The molecule has 2 N–H and O–H groups in total. The molecule has 0 aliphatic carbocycles. The Morgan fingerprint density at radius 1 is 1.04 bits per heavy atom. The van der Waals surface area contributed by atoms with E-state index >= 15 is 0 Å². The summed E-state index contributed by atoms with van der Waals surface area (Å²) in [4.78, 5) is 12.2. The number of sulfonamides is 1. The monoisotopic (exact) mass is 378 g/mol. The number of halogens is 1. The summed E-state index contributed by atoms with van der Waals surface area (Å²) in [6.45, 7) is 5.54. The first-order valence-corrected chi connectivity index (χ1v) is 9.72. The third-order valence-electron chi connectivity index (χ3n) is 3.51. The number of amides is 1. The molecule has 0 fully saturated rings. The van der Waals surface area contributed by atoms with Crippen LogP contribution < -0.4 is 10.0 Å². The molecule has 0 bridgehead atoms. The van der Waals surface area contributed by atoms with E-state index < -0.39 is 15.6 Å². The fourth-order valence-electron chi connectivity index (χ4n) is 2.36. The van der Waals surface area contributed by atoms with Gasteiger partial charge >= 0.3 is 0 Å². The van der Waals surface area contributed by atoms with E-state index in [1.54, 1.807) is 39.0 Å².